The van der Waals surface area contributed by atoms with Crippen molar-refractivity contribution in [2.75, 3.05) is 71.0 Å². The van der Waals surface area contributed by atoms with Crippen molar-refractivity contribution >= 4 is 143 Å². The van der Waals surface area contributed by atoms with Gasteiger partial charge in [-0.25, -0.2) is 4.98 Å². The maximum Gasteiger partial charge on any atom is 0.306 e. The molecule has 2 fully saturated rings. The van der Waals surface area contributed by atoms with Gasteiger partial charge in [-0.2, -0.15) is 0 Å². The van der Waals surface area contributed by atoms with Crippen molar-refractivity contribution < 1.29 is 24.5 Å². The highest BCUT2D eigenvalue weighted by molar-refractivity contribution is 14.0. The van der Waals surface area contributed by atoms with Gasteiger partial charge in [0.25, 0.3) is 0 Å². The fourth-order valence-electron chi connectivity index (χ4n) is 8.41. The molecule has 20 heteroatoms. The van der Waals surface area contributed by atoms with E-state index in [2.05, 4.69) is 227 Å². The summed E-state index contributed by atoms with van der Waals surface area (Å²) in [5.74, 6) is 0.428. The van der Waals surface area contributed by atoms with Crippen LogP contribution in [0.3, 0.4) is 0 Å². The predicted octanol–water partition coefficient (Wildman–Crippen LogP) is 11.3. The summed E-state index contributed by atoms with van der Waals surface area (Å²) in [6, 6.07) is 25.6. The molecule has 2 aliphatic rings. The number of aliphatic hydroxyl groups is 2. The van der Waals surface area contributed by atoms with E-state index in [0.717, 1.165) is 31.5 Å². The predicted molar refractivity (Wildman–Crippen MR) is 372 cm³/mol. The van der Waals surface area contributed by atoms with Gasteiger partial charge in [-0.05, 0) is 77.7 Å². The third-order valence-electron chi connectivity index (χ3n) is 13.6. The second kappa shape index (κ2) is 32.5. The number of hydrogen-bond donors (Lipinski definition) is 3. The smallest absolute Gasteiger partial charge is 0.306 e. The van der Waals surface area contributed by atoms with Gasteiger partial charge in [0.05, 0.1) is 50.1 Å². The number of thiazole rings is 1. The van der Waals surface area contributed by atoms with Gasteiger partial charge in [0.2, 0.25) is 0 Å². The Kier molecular flexibility index (Phi) is 30.7. The fraction of sp³-hybridized carbons (Fsp3) is 0.569. The lowest BCUT2D eigenvalue weighted by Crippen LogP contribution is -2.49. The largest absolute Gasteiger partial charge is 0.460 e. The molecule has 5 heterocycles. The Morgan fingerprint density at radius 1 is 0.705 bits per heavy atom. The lowest BCUT2D eigenvalue weighted by molar-refractivity contribution is -0.142. The monoisotopic (exact) mass is 1320 g/mol. The van der Waals surface area contributed by atoms with Crippen molar-refractivity contribution in [2.45, 2.75) is 161 Å². The number of aliphatic hydroxyl groups excluding tert-OH is 2. The molecule has 4 atom stereocenters. The Morgan fingerprint density at radius 3 is 1.72 bits per heavy atom. The number of thiophene rings is 1. The standard InChI is InChI=1S/C13H24N2Si.C13H18O3Si.C10H19NSSi.C8H14N2Si.C8H18O2Si.C6H11NSSi.HI/c1-14(2)11-8-9-12(15(3)4)13(10-11)16(5,6)7;1-17(2,10-6-4-3-5-7-10)12-8-13(15)16-11(12)9-14;1-11(2)8-9-6-7-10(12-9)13(3,4)5;2*1-11(2,3)7-4-5-8(9)10-6-7;1-9(2,3)6-7-4-5-8-6;/h8-10H,1-7H3;3-7,11-12,14H,8-9H2,1-2H3;6-7H,8H2,1-5H3;4-6H,1-3H3,(H2,9,10);7-9H,4-6H2,1-3H3;4-5H,1-3H3;1H. The number of rotatable bonds is 12. The lowest BCUT2D eigenvalue weighted by atomic mass is 10.2. The summed E-state index contributed by atoms with van der Waals surface area (Å²) >= 11 is 3.77. The molecule has 5 aromatic rings. The Labute approximate surface area is 505 Å². The van der Waals surface area contributed by atoms with Crippen LogP contribution >= 0.6 is 46.7 Å². The number of ether oxygens (including phenoxy) is 2. The van der Waals surface area contributed by atoms with E-state index in [1.807, 2.05) is 53.4 Å². The van der Waals surface area contributed by atoms with E-state index >= 15 is 0 Å². The number of cyclic esters (lactones) is 1. The van der Waals surface area contributed by atoms with Crippen LogP contribution in [0.2, 0.25) is 122 Å². The summed E-state index contributed by atoms with van der Waals surface area (Å²) in [5, 5.41) is 24.6. The summed E-state index contributed by atoms with van der Waals surface area (Å²) < 4.78 is 13.3. The van der Waals surface area contributed by atoms with Crippen molar-refractivity contribution in [3.63, 3.8) is 0 Å². The van der Waals surface area contributed by atoms with Crippen LogP contribution < -0.4 is 40.2 Å². The fourth-order valence-corrected chi connectivity index (χ4v) is 21.5. The number of halogens is 1. The maximum absolute atomic E-state index is 11.4. The number of esters is 1. The zero-order valence-electron chi connectivity index (χ0n) is 52.4. The summed E-state index contributed by atoms with van der Waals surface area (Å²) in [4.78, 5) is 27.8. The molecule has 11 nitrogen and oxygen atoms in total. The van der Waals surface area contributed by atoms with Gasteiger partial charge < -0.3 is 40.1 Å². The van der Waals surface area contributed by atoms with Crippen molar-refractivity contribution in [1.29, 1.82) is 0 Å². The van der Waals surface area contributed by atoms with Crippen molar-refractivity contribution in [1.82, 2.24) is 14.9 Å². The molecule has 0 radical (unpaired) electrons. The van der Waals surface area contributed by atoms with E-state index in [0.29, 0.717) is 12.2 Å². The van der Waals surface area contributed by atoms with E-state index < -0.39 is 54.7 Å². The molecule has 440 valence electrons. The molecule has 0 aliphatic carbocycles. The van der Waals surface area contributed by atoms with Crippen molar-refractivity contribution in [3.05, 3.63) is 95.4 Å². The van der Waals surface area contributed by atoms with Crippen molar-refractivity contribution in [2.24, 2.45) is 0 Å². The number of pyridine rings is 1. The Hall–Kier alpha value is -2.34. The van der Waals surface area contributed by atoms with Crippen LogP contribution in [0.1, 0.15) is 24.1 Å². The van der Waals surface area contributed by atoms with Gasteiger partial charge >= 0.3 is 5.97 Å². The zero-order chi connectivity index (χ0) is 58.9. The first-order valence-corrected chi connectivity index (χ1v) is 49.6. The Balaban J connectivity index is 0.000000473. The third kappa shape index (κ3) is 25.8. The second-order valence-corrected chi connectivity index (χ2v) is 60.1. The molecule has 4 N–H and O–H groups in total. The third-order valence-corrected chi connectivity index (χ3v) is 33.7. The molecule has 7 rings (SSSR count). The highest BCUT2D eigenvalue weighted by Gasteiger charge is 2.46. The van der Waals surface area contributed by atoms with Gasteiger partial charge in [-0.1, -0.05) is 159 Å². The molecule has 2 aromatic carbocycles. The molecule has 0 saturated carbocycles. The van der Waals surface area contributed by atoms with Crippen LogP contribution in [0.25, 0.3) is 0 Å². The van der Waals surface area contributed by atoms with E-state index in [1.165, 1.54) is 36.4 Å². The van der Waals surface area contributed by atoms with Crippen LogP contribution in [-0.4, -0.2) is 147 Å². The summed E-state index contributed by atoms with van der Waals surface area (Å²) in [6.07, 6.45) is 5.40. The van der Waals surface area contributed by atoms with Gasteiger partial charge in [-0.3, -0.25) is 9.78 Å². The SMILES string of the molecule is CN(C)Cc1ccc([Si](C)(C)C)s1.CN(C)c1ccc(N(C)C)c([Si](C)(C)C)c1.C[Si](C)(C)C1CCC(O)OC1.C[Si](C)(C)c1ccc(N)nc1.C[Si](C)(C)c1nccs1.C[Si](C)(c1ccccc1)C1CC(=O)OC1CO.I. The minimum Gasteiger partial charge on any atom is -0.460 e. The number of carbonyl (C=O) groups is 1. The van der Waals surface area contributed by atoms with Crippen LogP contribution in [0.5, 0.6) is 0 Å². The maximum atomic E-state index is 11.4. The minimum absolute atomic E-state index is 0. The first-order chi connectivity index (χ1) is 35.3. The molecule has 4 unspecified atom stereocenters. The van der Waals surface area contributed by atoms with Crippen LogP contribution in [-0.2, 0) is 20.8 Å². The number of aromatic nitrogens is 2. The Morgan fingerprint density at radius 2 is 1.32 bits per heavy atom. The number of nitrogens with two attached hydrogens (primary N) is 1. The van der Waals surface area contributed by atoms with Gasteiger partial charge in [-0.15, -0.1) is 46.7 Å². The first-order valence-electron chi connectivity index (χ1n) is 27.3. The molecule has 3 aromatic heterocycles. The molecule has 2 aliphatic heterocycles. The van der Waals surface area contributed by atoms with Crippen LogP contribution in [0, 0.1) is 0 Å². The number of benzene rings is 2. The normalized spacial score (nSPS) is 17.6. The molecule has 2 saturated heterocycles. The number of carbonyl (C=O) groups excluding carboxylic acids is 1. The number of anilines is 3. The second-order valence-electron chi connectivity index (χ2n) is 26.8. The highest BCUT2D eigenvalue weighted by Crippen LogP contribution is 2.36. The molecule has 0 bridgehead atoms. The molecule has 0 amide bonds. The summed E-state index contributed by atoms with van der Waals surface area (Å²) in [5.41, 5.74) is 9.04. The topological polar surface area (TPSA) is 138 Å². The van der Waals surface area contributed by atoms with E-state index in [1.54, 1.807) is 15.8 Å². The highest BCUT2D eigenvalue weighted by atomic mass is 127. The first kappa shape index (κ1) is 73.7. The van der Waals surface area contributed by atoms with E-state index in [4.69, 9.17) is 20.3 Å². The van der Waals surface area contributed by atoms with Gasteiger partial charge in [0.15, 0.2) is 6.29 Å². The van der Waals surface area contributed by atoms with Crippen LogP contribution in [0.15, 0.2) is 90.6 Å². The van der Waals surface area contributed by atoms with E-state index in [-0.39, 0.29) is 48.2 Å². The number of nitrogen functional groups attached to an aromatic ring is 1. The van der Waals surface area contributed by atoms with E-state index in [9.17, 15) is 9.90 Å². The minimum atomic E-state index is -1.78. The summed E-state index contributed by atoms with van der Waals surface area (Å²) in [6.45, 7) is 41.5. The average molecular weight is 1330 g/mol. The lowest BCUT2D eigenvalue weighted by Gasteiger charge is -2.33. The van der Waals surface area contributed by atoms with Crippen molar-refractivity contribution in [3.8, 4) is 0 Å². The zero-order valence-corrected chi connectivity index (χ0v) is 62.3. The molecule has 0 spiro atoms. The van der Waals surface area contributed by atoms with Gasteiger partial charge in [0.1, 0.15) is 20.0 Å². The van der Waals surface area contributed by atoms with Gasteiger partial charge in [0, 0.05) is 88.8 Å². The quantitative estimate of drug-likeness (QED) is 0.0625. The molecular formula is C58H105IN6O5S2Si6. The number of hydrogen-bond acceptors (Lipinski definition) is 13. The Bertz CT molecular complexity index is 2460. The average Bonchev–Trinajstić information content (AvgIpc) is 4.12. The number of nitrogens with zero attached hydrogens (tertiary/aromatic N) is 5. The summed E-state index contributed by atoms with van der Waals surface area (Å²) in [7, 11) is 5.27. The molecule has 78 heavy (non-hydrogen) atoms. The van der Waals surface area contributed by atoms with Crippen LogP contribution in [0.4, 0.5) is 17.2 Å². The molecular weight excluding hydrogens is 1220 g/mol.